The number of ether oxygens (including phenoxy) is 1. The van der Waals surface area contributed by atoms with Crippen LogP contribution < -0.4 is 0 Å². The Morgan fingerprint density at radius 1 is 0.667 bits per heavy atom. The summed E-state index contributed by atoms with van der Waals surface area (Å²) in [5, 5.41) is 21.3. The molecule has 0 radical (unpaired) electrons. The zero-order valence-corrected chi connectivity index (χ0v) is 18.0. The quantitative estimate of drug-likeness (QED) is 0.691. The molecule has 2 aromatic rings. The molecule has 0 amide bonds. The van der Waals surface area contributed by atoms with Gasteiger partial charge in [-0.3, -0.25) is 0 Å². The lowest BCUT2D eigenvalue weighted by Crippen LogP contribution is -2.13. The van der Waals surface area contributed by atoms with Crippen LogP contribution in [0.5, 0.6) is 11.5 Å². The summed E-state index contributed by atoms with van der Waals surface area (Å²) in [5.41, 5.74) is 5.34. The summed E-state index contributed by atoms with van der Waals surface area (Å²) in [7, 11) is 0. The summed E-state index contributed by atoms with van der Waals surface area (Å²) in [6.07, 6.45) is 0. The van der Waals surface area contributed by atoms with E-state index in [1.54, 1.807) is 0 Å². The smallest absolute Gasteiger partial charge is 0.124 e. The number of aromatic hydroxyl groups is 2. The number of phenols is 2. The van der Waals surface area contributed by atoms with E-state index in [4.69, 9.17) is 4.74 Å². The lowest BCUT2D eigenvalue weighted by molar-refractivity contribution is 0.103. The normalized spacial score (nSPS) is 12.4. The second-order valence-corrected chi connectivity index (χ2v) is 9.63. The van der Waals surface area contributed by atoms with Crippen LogP contribution in [0.4, 0.5) is 0 Å². The maximum Gasteiger partial charge on any atom is 0.124 e. The summed E-state index contributed by atoms with van der Waals surface area (Å²) in [5.74, 6) is 0.605. The fraction of sp³-hybridized carbons (Fsp3) is 0.500. The Hall–Kier alpha value is -2.00. The highest BCUT2D eigenvalue weighted by atomic mass is 16.5. The maximum atomic E-state index is 10.7. The van der Waals surface area contributed by atoms with Crippen molar-refractivity contribution in [2.24, 2.45) is 0 Å². The van der Waals surface area contributed by atoms with Gasteiger partial charge < -0.3 is 14.9 Å². The van der Waals surface area contributed by atoms with Crippen molar-refractivity contribution < 1.29 is 14.9 Å². The minimum atomic E-state index is -0.138. The third-order valence-electron chi connectivity index (χ3n) is 4.80. The van der Waals surface area contributed by atoms with Gasteiger partial charge >= 0.3 is 0 Å². The molecular weight excluding hydrogens is 336 g/mol. The third-order valence-corrected chi connectivity index (χ3v) is 4.80. The Morgan fingerprint density at radius 2 is 1.00 bits per heavy atom. The summed E-state index contributed by atoms with van der Waals surface area (Å²) in [4.78, 5) is 0. The number of benzene rings is 2. The van der Waals surface area contributed by atoms with Crippen molar-refractivity contribution in [1.29, 1.82) is 0 Å². The first kappa shape index (κ1) is 21.3. The number of phenolic OH excluding ortho intramolecular Hbond substituents is 2. The van der Waals surface area contributed by atoms with Gasteiger partial charge in [-0.2, -0.15) is 0 Å². The lowest BCUT2D eigenvalue weighted by atomic mass is 9.84. The number of rotatable bonds is 4. The predicted octanol–water partition coefficient (Wildman–Crippen LogP) is 6.03. The van der Waals surface area contributed by atoms with Gasteiger partial charge in [-0.25, -0.2) is 0 Å². The van der Waals surface area contributed by atoms with Gasteiger partial charge in [0.1, 0.15) is 11.5 Å². The minimum Gasteiger partial charge on any atom is -0.507 e. The van der Waals surface area contributed by atoms with E-state index < -0.39 is 0 Å². The molecule has 2 N–H and O–H groups in total. The van der Waals surface area contributed by atoms with Crippen molar-refractivity contribution in [3.05, 3.63) is 57.6 Å². The fourth-order valence-electron chi connectivity index (χ4n) is 3.34. The third kappa shape index (κ3) is 5.04. The molecule has 2 aromatic carbocycles. The predicted molar refractivity (Wildman–Crippen MR) is 112 cm³/mol. The molecule has 0 atom stereocenters. The molecule has 0 unspecified atom stereocenters. The molecule has 3 heteroatoms. The van der Waals surface area contributed by atoms with Crippen molar-refractivity contribution in [3.8, 4) is 11.5 Å². The van der Waals surface area contributed by atoms with Crippen molar-refractivity contribution in [2.45, 2.75) is 79.4 Å². The number of aryl methyl sites for hydroxylation is 2. The molecule has 0 bridgehead atoms. The molecule has 0 aliphatic carbocycles. The second kappa shape index (κ2) is 7.55. The standard InChI is InChI=1S/C24H34O3/c1-15-9-17(21(25)19(11-15)23(3,4)5)13-27-14-18-10-16(2)12-20(22(18)26)24(6,7)8/h9-12,25-26H,13-14H2,1-8H3. The van der Waals surface area contributed by atoms with Crippen molar-refractivity contribution >= 4 is 0 Å². The molecular formula is C24H34O3. The van der Waals surface area contributed by atoms with E-state index in [1.807, 2.05) is 38.1 Å². The van der Waals surface area contributed by atoms with Gasteiger partial charge in [-0.15, -0.1) is 0 Å². The molecule has 0 spiro atoms. The van der Waals surface area contributed by atoms with E-state index >= 15 is 0 Å². The van der Waals surface area contributed by atoms with Crippen molar-refractivity contribution in [3.63, 3.8) is 0 Å². The van der Waals surface area contributed by atoms with Crippen LogP contribution in [0.25, 0.3) is 0 Å². The average Bonchev–Trinajstić information content (AvgIpc) is 2.51. The second-order valence-electron chi connectivity index (χ2n) is 9.63. The topological polar surface area (TPSA) is 49.7 Å². The van der Waals surface area contributed by atoms with Gasteiger partial charge in [0.25, 0.3) is 0 Å². The van der Waals surface area contributed by atoms with E-state index in [0.29, 0.717) is 24.7 Å². The Balaban J connectivity index is 2.23. The van der Waals surface area contributed by atoms with Gasteiger partial charge in [-0.05, 0) is 35.8 Å². The summed E-state index contributed by atoms with van der Waals surface area (Å²) >= 11 is 0. The fourth-order valence-corrected chi connectivity index (χ4v) is 3.34. The first-order chi connectivity index (χ1) is 12.3. The highest BCUT2D eigenvalue weighted by molar-refractivity contribution is 5.47. The maximum absolute atomic E-state index is 10.7. The van der Waals surface area contributed by atoms with E-state index in [0.717, 1.165) is 33.4 Å². The van der Waals surface area contributed by atoms with Crippen LogP contribution in [0, 0.1) is 13.8 Å². The van der Waals surface area contributed by atoms with Gasteiger partial charge in [0.05, 0.1) is 13.2 Å². The highest BCUT2D eigenvalue weighted by Gasteiger charge is 2.22. The minimum absolute atomic E-state index is 0.138. The molecule has 0 aliphatic heterocycles. The largest absolute Gasteiger partial charge is 0.507 e. The summed E-state index contributed by atoms with van der Waals surface area (Å²) < 4.78 is 5.89. The first-order valence-electron chi connectivity index (χ1n) is 9.54. The van der Waals surface area contributed by atoms with Crippen LogP contribution in [0.2, 0.25) is 0 Å². The molecule has 148 valence electrons. The molecule has 2 rings (SSSR count). The van der Waals surface area contributed by atoms with Crippen LogP contribution in [0.1, 0.15) is 74.9 Å². The lowest BCUT2D eigenvalue weighted by Gasteiger charge is -2.24. The highest BCUT2D eigenvalue weighted by Crippen LogP contribution is 2.36. The Kier molecular flexibility index (Phi) is 5.96. The molecule has 27 heavy (non-hydrogen) atoms. The summed E-state index contributed by atoms with van der Waals surface area (Å²) in [6.45, 7) is 17.2. The zero-order chi connectivity index (χ0) is 20.6. The van der Waals surface area contributed by atoms with Crippen LogP contribution in [0.3, 0.4) is 0 Å². The van der Waals surface area contributed by atoms with Crippen LogP contribution in [-0.4, -0.2) is 10.2 Å². The molecule has 0 aromatic heterocycles. The van der Waals surface area contributed by atoms with E-state index in [9.17, 15) is 10.2 Å². The van der Waals surface area contributed by atoms with Gasteiger partial charge in [0, 0.05) is 11.1 Å². The first-order valence-corrected chi connectivity index (χ1v) is 9.54. The van der Waals surface area contributed by atoms with Gasteiger partial charge in [-0.1, -0.05) is 76.9 Å². The molecule has 0 aliphatic rings. The Morgan fingerprint density at radius 3 is 1.30 bits per heavy atom. The molecule has 3 nitrogen and oxygen atoms in total. The molecule has 0 saturated heterocycles. The van der Waals surface area contributed by atoms with Crippen LogP contribution >= 0.6 is 0 Å². The zero-order valence-electron chi connectivity index (χ0n) is 18.0. The van der Waals surface area contributed by atoms with Crippen LogP contribution in [0.15, 0.2) is 24.3 Å². The van der Waals surface area contributed by atoms with Crippen molar-refractivity contribution in [1.82, 2.24) is 0 Å². The van der Waals surface area contributed by atoms with E-state index in [1.165, 1.54) is 0 Å². The van der Waals surface area contributed by atoms with E-state index in [-0.39, 0.29) is 10.8 Å². The van der Waals surface area contributed by atoms with Gasteiger partial charge in [0.2, 0.25) is 0 Å². The Bertz CT molecular complexity index is 751. The van der Waals surface area contributed by atoms with Crippen molar-refractivity contribution in [2.75, 3.05) is 0 Å². The SMILES string of the molecule is Cc1cc(COCc2cc(C)cc(C(C)(C)C)c2O)c(O)c(C(C)(C)C)c1. The Labute approximate surface area is 164 Å². The molecule has 0 saturated carbocycles. The van der Waals surface area contributed by atoms with Crippen LogP contribution in [-0.2, 0) is 28.8 Å². The van der Waals surface area contributed by atoms with E-state index in [2.05, 4.69) is 41.5 Å². The number of hydrogen-bond donors (Lipinski definition) is 2. The van der Waals surface area contributed by atoms with Gasteiger partial charge in [0.15, 0.2) is 0 Å². The summed E-state index contributed by atoms with van der Waals surface area (Å²) in [6, 6.07) is 7.98. The molecule has 0 fully saturated rings. The number of hydrogen-bond acceptors (Lipinski definition) is 3. The average molecular weight is 371 g/mol. The molecule has 0 heterocycles. The monoisotopic (exact) mass is 370 g/mol.